The molecule has 0 saturated carbocycles. The lowest BCUT2D eigenvalue weighted by molar-refractivity contribution is -0.137. The first-order valence-electron chi connectivity index (χ1n) is 6.17. The maximum atomic E-state index is 12.1. The summed E-state index contributed by atoms with van der Waals surface area (Å²) in [5, 5.41) is 0. The second-order valence-corrected chi connectivity index (χ2v) is 5.28. The molecular formula is C15H20O2. The smallest absolute Gasteiger partial charge is 0.321 e. The van der Waals surface area contributed by atoms with Gasteiger partial charge in [-0.15, -0.1) is 0 Å². The van der Waals surface area contributed by atoms with E-state index in [1.54, 1.807) is 0 Å². The lowest BCUT2D eigenvalue weighted by Crippen LogP contribution is -2.29. The van der Waals surface area contributed by atoms with Crippen LogP contribution in [0.2, 0.25) is 0 Å². The van der Waals surface area contributed by atoms with Crippen LogP contribution in [-0.4, -0.2) is 5.97 Å². The zero-order valence-electron chi connectivity index (χ0n) is 11.5. The lowest BCUT2D eigenvalue weighted by atomic mass is 9.76. The molecule has 2 nitrogen and oxygen atoms in total. The number of carbonyl (C=O) groups excluding carboxylic acids is 1. The van der Waals surface area contributed by atoms with Gasteiger partial charge in [0, 0.05) is 5.56 Å². The SMILES string of the molecule is CCC1(C)C(=O)Oc2c(C)c(C)c(C)c(C)c21. The number of esters is 1. The third-order valence-corrected chi connectivity index (χ3v) is 4.53. The Balaban J connectivity index is 2.85. The number of fused-ring (bicyclic) bond motifs is 1. The zero-order chi connectivity index (χ0) is 13.0. The lowest BCUT2D eigenvalue weighted by Gasteiger charge is -2.22. The average molecular weight is 232 g/mol. The van der Waals surface area contributed by atoms with Crippen molar-refractivity contribution in [3.63, 3.8) is 0 Å². The highest BCUT2D eigenvalue weighted by Gasteiger charge is 2.46. The second-order valence-electron chi connectivity index (χ2n) is 5.28. The Morgan fingerprint density at radius 2 is 1.53 bits per heavy atom. The van der Waals surface area contributed by atoms with Gasteiger partial charge in [-0.2, -0.15) is 0 Å². The molecule has 0 spiro atoms. The van der Waals surface area contributed by atoms with Gasteiger partial charge in [0.25, 0.3) is 0 Å². The zero-order valence-corrected chi connectivity index (χ0v) is 11.5. The van der Waals surface area contributed by atoms with Crippen molar-refractivity contribution in [3.8, 4) is 5.75 Å². The molecule has 2 rings (SSSR count). The van der Waals surface area contributed by atoms with Crippen LogP contribution in [0.3, 0.4) is 0 Å². The van der Waals surface area contributed by atoms with Gasteiger partial charge in [0.05, 0.1) is 5.41 Å². The minimum atomic E-state index is -0.470. The fourth-order valence-corrected chi connectivity index (χ4v) is 2.70. The predicted molar refractivity (Wildman–Crippen MR) is 68.7 cm³/mol. The van der Waals surface area contributed by atoms with Gasteiger partial charge < -0.3 is 4.74 Å². The number of hydrogen-bond donors (Lipinski definition) is 0. The maximum absolute atomic E-state index is 12.1. The van der Waals surface area contributed by atoms with Crippen molar-refractivity contribution in [1.29, 1.82) is 0 Å². The number of ether oxygens (including phenoxy) is 1. The predicted octanol–water partition coefficient (Wildman–Crippen LogP) is 3.51. The van der Waals surface area contributed by atoms with Gasteiger partial charge in [-0.3, -0.25) is 4.79 Å². The van der Waals surface area contributed by atoms with Gasteiger partial charge >= 0.3 is 5.97 Å². The number of benzene rings is 1. The summed E-state index contributed by atoms with van der Waals surface area (Å²) in [4.78, 5) is 12.1. The molecule has 0 aliphatic carbocycles. The van der Waals surface area contributed by atoms with Crippen LogP contribution in [0.5, 0.6) is 5.75 Å². The monoisotopic (exact) mass is 232 g/mol. The molecule has 0 aromatic heterocycles. The van der Waals surface area contributed by atoms with Crippen molar-refractivity contribution in [2.75, 3.05) is 0 Å². The van der Waals surface area contributed by atoms with Gasteiger partial charge in [0.1, 0.15) is 5.75 Å². The summed E-state index contributed by atoms with van der Waals surface area (Å²) >= 11 is 0. The van der Waals surface area contributed by atoms with Gasteiger partial charge in [-0.05, 0) is 63.3 Å². The minimum absolute atomic E-state index is 0.105. The molecule has 1 unspecified atom stereocenters. The molecule has 92 valence electrons. The van der Waals surface area contributed by atoms with Gasteiger partial charge in [0.2, 0.25) is 0 Å². The molecule has 1 aliphatic heterocycles. The quantitative estimate of drug-likeness (QED) is 0.547. The van der Waals surface area contributed by atoms with Crippen molar-refractivity contribution < 1.29 is 9.53 Å². The van der Waals surface area contributed by atoms with Crippen LogP contribution in [0.4, 0.5) is 0 Å². The van der Waals surface area contributed by atoms with E-state index in [0.29, 0.717) is 0 Å². The first-order valence-corrected chi connectivity index (χ1v) is 6.17. The molecule has 1 heterocycles. The van der Waals surface area contributed by atoms with Crippen LogP contribution in [0.15, 0.2) is 0 Å². The summed E-state index contributed by atoms with van der Waals surface area (Å²) in [5.74, 6) is 0.700. The molecule has 17 heavy (non-hydrogen) atoms. The Bertz CT molecular complexity index is 514. The fourth-order valence-electron chi connectivity index (χ4n) is 2.70. The van der Waals surface area contributed by atoms with E-state index < -0.39 is 5.41 Å². The van der Waals surface area contributed by atoms with Crippen LogP contribution < -0.4 is 4.74 Å². The molecule has 0 amide bonds. The number of carbonyl (C=O) groups is 1. The average Bonchev–Trinajstić information content (AvgIpc) is 2.58. The summed E-state index contributed by atoms with van der Waals surface area (Å²) < 4.78 is 5.52. The van der Waals surface area contributed by atoms with E-state index >= 15 is 0 Å². The summed E-state index contributed by atoms with van der Waals surface area (Å²) in [6, 6.07) is 0. The molecule has 1 aromatic carbocycles. The van der Waals surface area contributed by atoms with Crippen LogP contribution >= 0.6 is 0 Å². The molecule has 0 saturated heterocycles. The Hall–Kier alpha value is -1.31. The van der Waals surface area contributed by atoms with E-state index in [1.807, 2.05) is 20.8 Å². The Labute approximate surface area is 103 Å². The molecule has 1 aromatic rings. The van der Waals surface area contributed by atoms with Crippen molar-refractivity contribution in [1.82, 2.24) is 0 Å². The number of rotatable bonds is 1. The number of hydrogen-bond acceptors (Lipinski definition) is 2. The highest BCUT2D eigenvalue weighted by molar-refractivity contribution is 5.92. The topological polar surface area (TPSA) is 26.3 Å². The summed E-state index contributed by atoms with van der Waals surface area (Å²) in [6.45, 7) is 12.4. The van der Waals surface area contributed by atoms with Gasteiger partial charge in [-0.1, -0.05) is 6.92 Å². The fraction of sp³-hybridized carbons (Fsp3) is 0.533. The van der Waals surface area contributed by atoms with Gasteiger partial charge in [-0.25, -0.2) is 0 Å². The highest BCUT2D eigenvalue weighted by Crippen LogP contribution is 2.47. The standard InChI is InChI=1S/C15H20O2/c1-7-15(6)12-10(4)8(2)9(3)11(5)13(12)17-14(15)16/h7H2,1-6H3. The summed E-state index contributed by atoms with van der Waals surface area (Å²) in [6.07, 6.45) is 0.779. The van der Waals surface area contributed by atoms with Crippen molar-refractivity contribution >= 4 is 5.97 Å². The molecule has 2 heteroatoms. The minimum Gasteiger partial charge on any atom is -0.425 e. The van der Waals surface area contributed by atoms with Crippen LogP contribution in [0.1, 0.15) is 48.1 Å². The van der Waals surface area contributed by atoms with E-state index in [4.69, 9.17) is 4.74 Å². The van der Waals surface area contributed by atoms with E-state index in [-0.39, 0.29) is 5.97 Å². The van der Waals surface area contributed by atoms with Crippen molar-refractivity contribution in [2.24, 2.45) is 0 Å². The Morgan fingerprint density at radius 1 is 1.00 bits per heavy atom. The van der Waals surface area contributed by atoms with E-state index in [9.17, 15) is 4.79 Å². The molecule has 0 radical (unpaired) electrons. The van der Waals surface area contributed by atoms with E-state index in [0.717, 1.165) is 23.3 Å². The summed E-state index contributed by atoms with van der Waals surface area (Å²) in [5.41, 5.74) is 5.45. The molecule has 0 fully saturated rings. The first kappa shape index (κ1) is 12.2. The molecular weight excluding hydrogens is 212 g/mol. The first-order chi connectivity index (χ1) is 7.84. The van der Waals surface area contributed by atoms with Crippen molar-refractivity contribution in [3.05, 3.63) is 27.8 Å². The third-order valence-electron chi connectivity index (χ3n) is 4.53. The van der Waals surface area contributed by atoms with E-state index in [1.165, 1.54) is 16.7 Å². The molecule has 1 atom stereocenters. The van der Waals surface area contributed by atoms with E-state index in [2.05, 4.69) is 20.8 Å². The largest absolute Gasteiger partial charge is 0.425 e. The second kappa shape index (κ2) is 3.59. The molecule has 0 N–H and O–H groups in total. The Morgan fingerprint density at radius 3 is 2.06 bits per heavy atom. The van der Waals surface area contributed by atoms with Crippen molar-refractivity contribution in [2.45, 2.75) is 53.4 Å². The normalized spacial score (nSPS) is 22.6. The third kappa shape index (κ3) is 1.36. The maximum Gasteiger partial charge on any atom is 0.321 e. The van der Waals surface area contributed by atoms with Crippen LogP contribution in [-0.2, 0) is 10.2 Å². The van der Waals surface area contributed by atoms with Gasteiger partial charge in [0.15, 0.2) is 0 Å². The Kier molecular flexibility index (Phi) is 2.57. The molecule has 0 bridgehead atoms. The van der Waals surface area contributed by atoms with Crippen LogP contribution in [0, 0.1) is 27.7 Å². The molecule has 1 aliphatic rings. The van der Waals surface area contributed by atoms with Crippen LogP contribution in [0.25, 0.3) is 0 Å². The highest BCUT2D eigenvalue weighted by atomic mass is 16.5. The summed E-state index contributed by atoms with van der Waals surface area (Å²) in [7, 11) is 0.